The standard InChI is InChI=1S/C25H29N3O4/c1-30-22-9-5-6-20(16-22)24(23-17-31-18-26-23)27-25(29)19-10-12-28(13-11-19)14-15-32-21-7-3-2-4-8-21/h2-9,16-19,24H,10-15H2,1H3,(H,27,29)/t24-/m1/s1. The first-order chi connectivity index (χ1) is 15.7. The fraction of sp³-hybridized carbons (Fsp3) is 0.360. The number of hydrogen-bond donors (Lipinski definition) is 1. The molecule has 2 heterocycles. The lowest BCUT2D eigenvalue weighted by Crippen LogP contribution is -2.42. The zero-order chi connectivity index (χ0) is 22.2. The van der Waals surface area contributed by atoms with Crippen LogP contribution in [0.25, 0.3) is 0 Å². The van der Waals surface area contributed by atoms with Crippen LogP contribution < -0.4 is 14.8 Å². The number of aromatic nitrogens is 1. The summed E-state index contributed by atoms with van der Waals surface area (Å²) in [6.45, 7) is 3.26. The summed E-state index contributed by atoms with van der Waals surface area (Å²) < 4.78 is 16.3. The molecule has 0 radical (unpaired) electrons. The van der Waals surface area contributed by atoms with Crippen molar-refractivity contribution in [3.8, 4) is 11.5 Å². The van der Waals surface area contributed by atoms with Crippen LogP contribution in [0.15, 0.2) is 71.7 Å². The van der Waals surface area contributed by atoms with Gasteiger partial charge in [-0.05, 0) is 55.8 Å². The number of ether oxygens (including phenoxy) is 2. The molecular formula is C25H29N3O4. The summed E-state index contributed by atoms with van der Waals surface area (Å²) in [5.74, 6) is 1.64. The Hall–Kier alpha value is -3.32. The van der Waals surface area contributed by atoms with Crippen molar-refractivity contribution in [2.75, 3.05) is 33.4 Å². The van der Waals surface area contributed by atoms with Crippen LogP contribution in [0.3, 0.4) is 0 Å². The molecule has 1 fully saturated rings. The molecule has 1 atom stereocenters. The number of rotatable bonds is 9. The zero-order valence-corrected chi connectivity index (χ0v) is 18.3. The van der Waals surface area contributed by atoms with Gasteiger partial charge < -0.3 is 19.2 Å². The van der Waals surface area contributed by atoms with Gasteiger partial charge in [0.15, 0.2) is 6.39 Å². The van der Waals surface area contributed by atoms with E-state index in [1.807, 2.05) is 54.6 Å². The van der Waals surface area contributed by atoms with Crippen LogP contribution in [0.1, 0.15) is 30.1 Å². The third-order valence-corrected chi connectivity index (χ3v) is 5.84. The Morgan fingerprint density at radius 2 is 1.94 bits per heavy atom. The van der Waals surface area contributed by atoms with Crippen LogP contribution >= 0.6 is 0 Å². The first kappa shape index (κ1) is 21.9. The SMILES string of the molecule is COc1cccc([C@@H](NC(=O)C2CCN(CCOc3ccccc3)CC2)c2cocn2)c1. The molecule has 1 aromatic heterocycles. The highest BCUT2D eigenvalue weighted by molar-refractivity contribution is 5.79. The number of benzene rings is 2. The van der Waals surface area contributed by atoms with Crippen LogP contribution in [-0.4, -0.2) is 49.1 Å². The lowest BCUT2D eigenvalue weighted by molar-refractivity contribution is -0.127. The molecule has 0 spiro atoms. The highest BCUT2D eigenvalue weighted by Gasteiger charge is 2.28. The number of nitrogens with zero attached hydrogens (tertiary/aromatic N) is 2. The normalized spacial score (nSPS) is 15.8. The highest BCUT2D eigenvalue weighted by atomic mass is 16.5. The highest BCUT2D eigenvalue weighted by Crippen LogP contribution is 2.26. The van der Waals surface area contributed by atoms with E-state index in [-0.39, 0.29) is 17.9 Å². The van der Waals surface area contributed by atoms with Crippen molar-refractivity contribution in [3.63, 3.8) is 0 Å². The van der Waals surface area contributed by atoms with E-state index >= 15 is 0 Å². The predicted octanol–water partition coefficient (Wildman–Crippen LogP) is 3.68. The van der Waals surface area contributed by atoms with E-state index in [0.717, 1.165) is 49.5 Å². The molecule has 1 amide bonds. The second-order valence-corrected chi connectivity index (χ2v) is 7.91. The van der Waals surface area contributed by atoms with Crippen molar-refractivity contribution in [1.29, 1.82) is 0 Å². The van der Waals surface area contributed by atoms with Crippen LogP contribution in [0.5, 0.6) is 11.5 Å². The van der Waals surface area contributed by atoms with E-state index in [0.29, 0.717) is 12.3 Å². The largest absolute Gasteiger partial charge is 0.497 e. The maximum atomic E-state index is 13.1. The molecule has 168 valence electrons. The summed E-state index contributed by atoms with van der Waals surface area (Å²) in [7, 11) is 1.63. The molecule has 1 aliphatic rings. The van der Waals surface area contributed by atoms with Gasteiger partial charge >= 0.3 is 0 Å². The van der Waals surface area contributed by atoms with E-state index in [9.17, 15) is 4.79 Å². The number of piperidine rings is 1. The molecule has 7 heteroatoms. The minimum atomic E-state index is -0.381. The number of carbonyl (C=O) groups excluding carboxylic acids is 1. The minimum Gasteiger partial charge on any atom is -0.497 e. The first-order valence-electron chi connectivity index (χ1n) is 11.0. The quantitative estimate of drug-likeness (QED) is 0.553. The second kappa shape index (κ2) is 10.8. The molecule has 0 aliphatic carbocycles. The molecular weight excluding hydrogens is 406 g/mol. The number of nitrogens with one attached hydrogen (secondary N) is 1. The number of para-hydroxylation sites is 1. The molecule has 3 aromatic rings. The van der Waals surface area contributed by atoms with E-state index in [2.05, 4.69) is 15.2 Å². The fourth-order valence-corrected chi connectivity index (χ4v) is 4.00. The van der Waals surface area contributed by atoms with Crippen LogP contribution in [-0.2, 0) is 4.79 Å². The van der Waals surface area contributed by atoms with Crippen LogP contribution in [0.2, 0.25) is 0 Å². The fourth-order valence-electron chi connectivity index (χ4n) is 4.00. The molecule has 0 bridgehead atoms. The number of hydrogen-bond acceptors (Lipinski definition) is 6. The lowest BCUT2D eigenvalue weighted by Gasteiger charge is -2.32. The zero-order valence-electron chi connectivity index (χ0n) is 18.3. The molecule has 32 heavy (non-hydrogen) atoms. The van der Waals surface area contributed by atoms with Gasteiger partial charge in [-0.3, -0.25) is 9.69 Å². The maximum Gasteiger partial charge on any atom is 0.224 e. The number of likely N-dealkylation sites (tertiary alicyclic amines) is 1. The van der Waals surface area contributed by atoms with Gasteiger partial charge in [-0.2, -0.15) is 0 Å². The Kier molecular flexibility index (Phi) is 7.40. The van der Waals surface area contributed by atoms with Crippen molar-refractivity contribution in [2.24, 2.45) is 5.92 Å². The van der Waals surface area contributed by atoms with E-state index in [1.165, 1.54) is 6.39 Å². The van der Waals surface area contributed by atoms with Gasteiger partial charge in [0.1, 0.15) is 30.1 Å². The average Bonchev–Trinajstić information content (AvgIpc) is 3.38. The van der Waals surface area contributed by atoms with E-state index < -0.39 is 0 Å². The van der Waals surface area contributed by atoms with Crippen molar-refractivity contribution >= 4 is 5.91 Å². The number of carbonyl (C=O) groups is 1. The smallest absolute Gasteiger partial charge is 0.224 e. The molecule has 2 aromatic carbocycles. The molecule has 1 N–H and O–H groups in total. The Balaban J connectivity index is 1.30. The second-order valence-electron chi connectivity index (χ2n) is 7.91. The summed E-state index contributed by atoms with van der Waals surface area (Å²) in [6.07, 6.45) is 4.59. The monoisotopic (exact) mass is 435 g/mol. The number of oxazole rings is 1. The maximum absolute atomic E-state index is 13.1. The Bertz CT molecular complexity index is 970. The summed E-state index contributed by atoms with van der Waals surface area (Å²) in [5, 5.41) is 3.18. The predicted molar refractivity (Wildman–Crippen MR) is 121 cm³/mol. The molecule has 7 nitrogen and oxygen atoms in total. The van der Waals surface area contributed by atoms with Crippen molar-refractivity contribution in [2.45, 2.75) is 18.9 Å². The molecule has 1 saturated heterocycles. The summed E-state index contributed by atoms with van der Waals surface area (Å²) >= 11 is 0. The van der Waals surface area contributed by atoms with Crippen LogP contribution in [0, 0.1) is 5.92 Å². The third-order valence-electron chi connectivity index (χ3n) is 5.84. The number of methoxy groups -OCH3 is 1. The summed E-state index contributed by atoms with van der Waals surface area (Å²) in [5.41, 5.74) is 1.57. The first-order valence-corrected chi connectivity index (χ1v) is 11.0. The van der Waals surface area contributed by atoms with Gasteiger partial charge in [-0.25, -0.2) is 4.98 Å². The van der Waals surface area contributed by atoms with Gasteiger partial charge in [0.05, 0.1) is 13.2 Å². The van der Waals surface area contributed by atoms with Gasteiger partial charge in [0.2, 0.25) is 5.91 Å². The average molecular weight is 436 g/mol. The Morgan fingerprint density at radius 1 is 1.16 bits per heavy atom. The van der Waals surface area contributed by atoms with Crippen molar-refractivity contribution in [3.05, 3.63) is 78.5 Å². The minimum absolute atomic E-state index is 0.0266. The van der Waals surface area contributed by atoms with Gasteiger partial charge in [0.25, 0.3) is 0 Å². The topological polar surface area (TPSA) is 76.8 Å². The van der Waals surface area contributed by atoms with E-state index in [4.69, 9.17) is 13.9 Å². The third kappa shape index (κ3) is 5.68. The van der Waals surface area contributed by atoms with Crippen molar-refractivity contribution in [1.82, 2.24) is 15.2 Å². The number of amides is 1. The lowest BCUT2D eigenvalue weighted by atomic mass is 9.94. The molecule has 0 unspecified atom stereocenters. The van der Waals surface area contributed by atoms with Gasteiger partial charge in [-0.15, -0.1) is 0 Å². The Labute approximate surface area is 188 Å². The van der Waals surface area contributed by atoms with Gasteiger partial charge in [-0.1, -0.05) is 30.3 Å². The summed E-state index contributed by atoms with van der Waals surface area (Å²) in [6, 6.07) is 17.1. The van der Waals surface area contributed by atoms with Crippen LogP contribution in [0.4, 0.5) is 0 Å². The van der Waals surface area contributed by atoms with E-state index in [1.54, 1.807) is 13.4 Å². The summed E-state index contributed by atoms with van der Waals surface area (Å²) in [4.78, 5) is 19.7. The molecule has 4 rings (SSSR count). The molecule has 1 aliphatic heterocycles. The van der Waals surface area contributed by atoms with Crippen molar-refractivity contribution < 1.29 is 18.7 Å². The Morgan fingerprint density at radius 3 is 2.66 bits per heavy atom. The molecule has 0 saturated carbocycles. The van der Waals surface area contributed by atoms with Gasteiger partial charge in [0, 0.05) is 12.5 Å².